The molecule has 116 valence electrons. The summed E-state index contributed by atoms with van der Waals surface area (Å²) < 4.78 is 18.9. The monoisotopic (exact) mass is 314 g/mol. The number of nitrogens with one attached hydrogen (secondary N) is 2. The molecule has 0 unspecified atom stereocenters. The van der Waals surface area contributed by atoms with E-state index in [4.69, 9.17) is 4.74 Å². The maximum absolute atomic E-state index is 13.7. The minimum absolute atomic E-state index is 0. The summed E-state index contributed by atoms with van der Waals surface area (Å²) in [6, 6.07) is 4.37. The third-order valence-electron chi connectivity index (χ3n) is 3.13. The first-order chi connectivity index (χ1) is 9.72. The molecule has 1 aliphatic heterocycles. The van der Waals surface area contributed by atoms with Crippen LogP contribution in [0.2, 0.25) is 0 Å². The zero-order valence-corrected chi connectivity index (χ0v) is 12.8. The average Bonchev–Trinajstić information content (AvgIpc) is 2.48. The van der Waals surface area contributed by atoms with E-state index >= 15 is 0 Å². The average molecular weight is 315 g/mol. The molecular formula is C15H20ClFN2O2. The van der Waals surface area contributed by atoms with Gasteiger partial charge in [0.05, 0.1) is 12.2 Å². The lowest BCUT2D eigenvalue weighted by molar-refractivity contribution is 0.0952. The lowest BCUT2D eigenvalue weighted by Crippen LogP contribution is -2.30. The van der Waals surface area contributed by atoms with E-state index in [-0.39, 0.29) is 29.6 Å². The van der Waals surface area contributed by atoms with E-state index in [1.54, 1.807) is 13.0 Å². The highest BCUT2D eigenvalue weighted by molar-refractivity contribution is 5.97. The molecule has 0 atom stereocenters. The van der Waals surface area contributed by atoms with Crippen molar-refractivity contribution >= 4 is 18.3 Å². The number of ether oxygens (including phenoxy) is 1. The summed E-state index contributed by atoms with van der Waals surface area (Å²) >= 11 is 0. The number of hydrogen-bond donors (Lipinski definition) is 2. The summed E-state index contributed by atoms with van der Waals surface area (Å²) in [6.45, 7) is 4.32. The van der Waals surface area contributed by atoms with Gasteiger partial charge in [0.2, 0.25) is 0 Å². The Morgan fingerprint density at radius 1 is 1.48 bits per heavy atom. The number of carbonyl (C=O) groups is 1. The Kier molecular flexibility index (Phi) is 7.19. The van der Waals surface area contributed by atoms with Crippen molar-refractivity contribution in [2.45, 2.75) is 13.3 Å². The molecule has 21 heavy (non-hydrogen) atoms. The van der Waals surface area contributed by atoms with Crippen molar-refractivity contribution in [3.8, 4) is 5.75 Å². The first-order valence-electron chi connectivity index (χ1n) is 6.80. The maximum atomic E-state index is 13.7. The third kappa shape index (κ3) is 4.72. The van der Waals surface area contributed by atoms with Gasteiger partial charge in [0.1, 0.15) is 0 Å². The van der Waals surface area contributed by atoms with Crippen LogP contribution in [-0.4, -0.2) is 32.1 Å². The normalized spacial score (nSPS) is 13.9. The summed E-state index contributed by atoms with van der Waals surface area (Å²) in [4.78, 5) is 12.1. The van der Waals surface area contributed by atoms with Gasteiger partial charge in [-0.15, -0.1) is 12.4 Å². The maximum Gasteiger partial charge on any atom is 0.255 e. The standard InChI is InChI=1S/C15H19FN2O2.ClH/c1-2-20-14-12(4-3-5-13(14)16)15(19)18-10-11-6-8-17-9-7-11;/h3-6,17H,2,7-10H2,1H3,(H,18,19);1H. The zero-order chi connectivity index (χ0) is 14.4. The van der Waals surface area contributed by atoms with E-state index in [0.29, 0.717) is 13.2 Å². The van der Waals surface area contributed by atoms with Crippen LogP contribution in [0, 0.1) is 5.82 Å². The molecule has 1 aromatic rings. The van der Waals surface area contributed by atoms with Crippen molar-refractivity contribution in [3.63, 3.8) is 0 Å². The molecule has 6 heteroatoms. The molecule has 0 saturated heterocycles. The molecule has 0 aromatic heterocycles. The summed E-state index contributed by atoms with van der Waals surface area (Å²) in [6.07, 6.45) is 2.99. The Morgan fingerprint density at radius 2 is 2.29 bits per heavy atom. The van der Waals surface area contributed by atoms with Crippen LogP contribution < -0.4 is 15.4 Å². The van der Waals surface area contributed by atoms with Crippen molar-refractivity contribution < 1.29 is 13.9 Å². The number of hydrogen-bond acceptors (Lipinski definition) is 3. The highest BCUT2D eigenvalue weighted by Gasteiger charge is 2.16. The lowest BCUT2D eigenvalue weighted by Gasteiger charge is -2.15. The molecule has 4 nitrogen and oxygen atoms in total. The number of para-hydroxylation sites is 1. The predicted octanol–water partition coefficient (Wildman–Crippen LogP) is 2.30. The van der Waals surface area contributed by atoms with Gasteiger partial charge in [-0.05, 0) is 32.0 Å². The van der Waals surface area contributed by atoms with E-state index in [0.717, 1.165) is 19.5 Å². The Labute approximate surface area is 130 Å². The molecule has 2 rings (SSSR count). The van der Waals surface area contributed by atoms with Crippen LogP contribution in [0.25, 0.3) is 0 Å². The fraction of sp³-hybridized carbons (Fsp3) is 0.400. The Bertz CT molecular complexity index is 520. The van der Waals surface area contributed by atoms with Gasteiger partial charge in [0, 0.05) is 13.1 Å². The van der Waals surface area contributed by atoms with Gasteiger partial charge in [0.25, 0.3) is 5.91 Å². The van der Waals surface area contributed by atoms with Gasteiger partial charge in [-0.3, -0.25) is 4.79 Å². The molecular weight excluding hydrogens is 295 g/mol. The molecule has 1 amide bonds. The molecule has 0 spiro atoms. The SMILES string of the molecule is CCOc1c(F)cccc1C(=O)NCC1=CCNCC1.Cl. The van der Waals surface area contributed by atoms with Gasteiger partial charge >= 0.3 is 0 Å². The molecule has 0 aliphatic carbocycles. The largest absolute Gasteiger partial charge is 0.490 e. The van der Waals surface area contributed by atoms with Crippen molar-refractivity contribution in [1.29, 1.82) is 0 Å². The minimum Gasteiger partial charge on any atom is -0.490 e. The summed E-state index contributed by atoms with van der Waals surface area (Å²) in [5.41, 5.74) is 1.42. The van der Waals surface area contributed by atoms with Crippen molar-refractivity contribution in [3.05, 3.63) is 41.2 Å². The molecule has 1 heterocycles. The Balaban J connectivity index is 0.00000220. The molecule has 1 aromatic carbocycles. The van der Waals surface area contributed by atoms with Crippen molar-refractivity contribution in [2.24, 2.45) is 0 Å². The van der Waals surface area contributed by atoms with Crippen LogP contribution in [0.15, 0.2) is 29.8 Å². The van der Waals surface area contributed by atoms with Crippen LogP contribution in [0.5, 0.6) is 5.75 Å². The first-order valence-corrected chi connectivity index (χ1v) is 6.80. The van der Waals surface area contributed by atoms with E-state index in [1.165, 1.54) is 17.7 Å². The highest BCUT2D eigenvalue weighted by Crippen LogP contribution is 2.22. The number of benzene rings is 1. The minimum atomic E-state index is -0.513. The van der Waals surface area contributed by atoms with E-state index in [2.05, 4.69) is 16.7 Å². The van der Waals surface area contributed by atoms with E-state index < -0.39 is 5.82 Å². The fourth-order valence-corrected chi connectivity index (χ4v) is 2.10. The second kappa shape index (κ2) is 8.64. The Hall–Kier alpha value is -1.59. The zero-order valence-electron chi connectivity index (χ0n) is 11.9. The molecule has 2 N–H and O–H groups in total. The third-order valence-corrected chi connectivity index (χ3v) is 3.13. The van der Waals surface area contributed by atoms with Crippen LogP contribution in [0.3, 0.4) is 0 Å². The van der Waals surface area contributed by atoms with Crippen LogP contribution >= 0.6 is 12.4 Å². The summed E-state index contributed by atoms with van der Waals surface area (Å²) in [7, 11) is 0. The summed E-state index contributed by atoms with van der Waals surface area (Å²) in [5, 5.41) is 6.02. The number of amides is 1. The second-order valence-corrected chi connectivity index (χ2v) is 4.55. The molecule has 1 aliphatic rings. The van der Waals surface area contributed by atoms with Gasteiger partial charge in [-0.25, -0.2) is 4.39 Å². The lowest BCUT2D eigenvalue weighted by atomic mass is 10.1. The molecule has 0 saturated carbocycles. The van der Waals surface area contributed by atoms with Crippen LogP contribution in [-0.2, 0) is 0 Å². The molecule has 0 radical (unpaired) electrons. The number of carbonyl (C=O) groups excluding carboxylic acids is 1. The predicted molar refractivity (Wildman–Crippen MR) is 82.7 cm³/mol. The van der Waals surface area contributed by atoms with E-state index in [1.807, 2.05) is 0 Å². The first kappa shape index (κ1) is 17.5. The van der Waals surface area contributed by atoms with Crippen LogP contribution in [0.1, 0.15) is 23.7 Å². The van der Waals surface area contributed by atoms with Gasteiger partial charge in [-0.1, -0.05) is 17.7 Å². The topological polar surface area (TPSA) is 50.4 Å². The molecule has 0 fully saturated rings. The van der Waals surface area contributed by atoms with Gasteiger partial charge < -0.3 is 15.4 Å². The second-order valence-electron chi connectivity index (χ2n) is 4.55. The Morgan fingerprint density at radius 3 is 2.95 bits per heavy atom. The van der Waals surface area contributed by atoms with E-state index in [9.17, 15) is 9.18 Å². The smallest absolute Gasteiger partial charge is 0.255 e. The van der Waals surface area contributed by atoms with Gasteiger partial charge in [-0.2, -0.15) is 0 Å². The highest BCUT2D eigenvalue weighted by atomic mass is 35.5. The van der Waals surface area contributed by atoms with Gasteiger partial charge in [0.15, 0.2) is 11.6 Å². The number of rotatable bonds is 5. The fourth-order valence-electron chi connectivity index (χ4n) is 2.10. The quantitative estimate of drug-likeness (QED) is 0.820. The molecule has 0 bridgehead atoms. The van der Waals surface area contributed by atoms with Crippen molar-refractivity contribution in [2.75, 3.05) is 26.2 Å². The number of halogens is 2. The van der Waals surface area contributed by atoms with Crippen molar-refractivity contribution in [1.82, 2.24) is 10.6 Å². The summed E-state index contributed by atoms with van der Waals surface area (Å²) in [5.74, 6) is -0.806. The van der Waals surface area contributed by atoms with Crippen LogP contribution in [0.4, 0.5) is 4.39 Å².